The molecular weight excluding hydrogens is 449 g/mol. The molecule has 0 saturated carbocycles. The number of nitrogens with one attached hydrogen (secondary N) is 2. The lowest BCUT2D eigenvalue weighted by Gasteiger charge is -2.28. The average molecular weight is 479 g/mol. The Hall–Kier alpha value is -3.20. The quantitative estimate of drug-likeness (QED) is 0.471. The van der Waals surface area contributed by atoms with Gasteiger partial charge >= 0.3 is 13.1 Å². The Kier molecular flexibility index (Phi) is 7.26. The van der Waals surface area contributed by atoms with Gasteiger partial charge in [0.1, 0.15) is 5.82 Å². The van der Waals surface area contributed by atoms with E-state index in [9.17, 15) is 10.1 Å². The summed E-state index contributed by atoms with van der Waals surface area (Å²) in [6, 6.07) is 5.76. The van der Waals surface area contributed by atoms with Crippen LogP contribution in [0.3, 0.4) is 0 Å². The van der Waals surface area contributed by atoms with Gasteiger partial charge in [0.2, 0.25) is 5.95 Å². The van der Waals surface area contributed by atoms with E-state index in [0.717, 1.165) is 11.1 Å². The van der Waals surface area contributed by atoms with Gasteiger partial charge in [-0.3, -0.25) is 0 Å². The van der Waals surface area contributed by atoms with Crippen LogP contribution in [0.25, 0.3) is 0 Å². The van der Waals surface area contributed by atoms with Gasteiger partial charge in [-0.1, -0.05) is 0 Å². The summed E-state index contributed by atoms with van der Waals surface area (Å²) in [5.74, 6) is 0.323. The van der Waals surface area contributed by atoms with E-state index < -0.39 is 18.7 Å². The van der Waals surface area contributed by atoms with Gasteiger partial charge in [-0.2, -0.15) is 10.2 Å². The first kappa shape index (κ1) is 24.9. The third kappa shape index (κ3) is 5.56. The van der Waals surface area contributed by atoms with Crippen molar-refractivity contribution in [2.24, 2.45) is 5.92 Å². The van der Waals surface area contributed by atoms with E-state index in [1.54, 1.807) is 12.3 Å². The number of carbonyl (C=O) groups excluding carboxylic acids is 1. The summed E-state index contributed by atoms with van der Waals surface area (Å²) >= 11 is 0. The van der Waals surface area contributed by atoms with Crippen LogP contribution in [0, 0.1) is 31.1 Å². The maximum Gasteiger partial charge on any atom is 0.495 e. The molecule has 35 heavy (non-hydrogen) atoms. The summed E-state index contributed by atoms with van der Waals surface area (Å²) < 4.78 is 22.4. The maximum absolute atomic E-state index is 12.6. The molecule has 0 aliphatic carbocycles. The van der Waals surface area contributed by atoms with Crippen molar-refractivity contribution < 1.29 is 23.6 Å². The summed E-state index contributed by atoms with van der Waals surface area (Å²) in [6.07, 6.45) is 2.38. The normalized spacial score (nSPS) is 21.3. The maximum atomic E-state index is 12.6. The molecule has 2 N–H and O–H groups in total. The smallest absolute Gasteiger partial charge is 0.465 e. The highest BCUT2D eigenvalue weighted by Gasteiger charge is 2.41. The van der Waals surface area contributed by atoms with E-state index in [4.69, 9.17) is 18.8 Å². The van der Waals surface area contributed by atoms with Gasteiger partial charge in [0.15, 0.2) is 0 Å². The first-order chi connectivity index (χ1) is 16.7. The first-order valence-electron chi connectivity index (χ1n) is 11.6. The molecule has 10 nitrogen and oxygen atoms in total. The van der Waals surface area contributed by atoms with Crippen molar-refractivity contribution in [2.75, 3.05) is 37.6 Å². The van der Waals surface area contributed by atoms with Gasteiger partial charge in [-0.25, -0.2) is 9.78 Å². The number of benzene rings is 1. The number of carbonyl (C=O) groups is 1. The van der Waals surface area contributed by atoms with E-state index in [-0.39, 0.29) is 12.0 Å². The minimum absolute atomic E-state index is 0.154. The molecule has 1 aromatic heterocycles. The number of hydrogen-bond donors (Lipinski definition) is 2. The molecule has 0 spiro atoms. The Morgan fingerprint density at radius 2 is 2.11 bits per heavy atom. The third-order valence-corrected chi connectivity index (χ3v) is 6.11. The van der Waals surface area contributed by atoms with Crippen LogP contribution in [0.1, 0.15) is 41.8 Å². The fourth-order valence-corrected chi connectivity index (χ4v) is 4.23. The fraction of sp³-hybridized carbons (Fsp3) is 0.500. The second-order valence-electron chi connectivity index (χ2n) is 9.47. The van der Waals surface area contributed by atoms with Gasteiger partial charge in [-0.05, 0) is 57.3 Å². The molecule has 2 aromatic rings. The first-order valence-corrected chi connectivity index (χ1v) is 11.6. The van der Waals surface area contributed by atoms with E-state index in [2.05, 4.69) is 26.7 Å². The van der Waals surface area contributed by atoms with E-state index in [0.29, 0.717) is 54.7 Å². The van der Waals surface area contributed by atoms with Gasteiger partial charge in [0, 0.05) is 24.1 Å². The molecule has 2 atom stereocenters. The summed E-state index contributed by atoms with van der Waals surface area (Å²) in [6.45, 7) is 9.11. The summed E-state index contributed by atoms with van der Waals surface area (Å²) in [4.78, 5) is 21.6. The number of methoxy groups -OCH3 is 1. The average Bonchev–Trinajstić information content (AvgIpc) is 3.19. The number of nitriles is 1. The number of aryl methyl sites for hydroxylation is 2. The Morgan fingerprint density at radius 1 is 1.31 bits per heavy atom. The zero-order chi connectivity index (χ0) is 25.2. The molecule has 184 valence electrons. The lowest BCUT2D eigenvalue weighted by atomic mass is 9.73. The van der Waals surface area contributed by atoms with Gasteiger partial charge < -0.3 is 29.4 Å². The van der Waals surface area contributed by atoms with E-state index in [1.807, 2.05) is 33.8 Å². The molecule has 2 unspecified atom stereocenters. The zero-order valence-electron chi connectivity index (χ0n) is 20.7. The number of ether oxygens (including phenoxy) is 2. The number of hydrogen-bond acceptors (Lipinski definition) is 10. The van der Waals surface area contributed by atoms with Crippen LogP contribution in [0.2, 0.25) is 0 Å². The summed E-state index contributed by atoms with van der Waals surface area (Å²) in [5, 5.41) is 16.0. The van der Waals surface area contributed by atoms with E-state index in [1.165, 1.54) is 7.11 Å². The SMILES string of the molecule is COC(=O)c1cc(Nc2ncc(C)c(NC3COCCC3C#N)n2)cc(C)c1B1OCC(C)(C)O1. The Labute approximate surface area is 205 Å². The second kappa shape index (κ2) is 10.2. The summed E-state index contributed by atoms with van der Waals surface area (Å²) in [5.41, 5.74) is 2.81. The lowest BCUT2D eigenvalue weighted by molar-refractivity contribution is 0.0601. The van der Waals surface area contributed by atoms with Crippen molar-refractivity contribution in [1.82, 2.24) is 9.97 Å². The monoisotopic (exact) mass is 479 g/mol. The van der Waals surface area contributed by atoms with Crippen molar-refractivity contribution in [3.05, 3.63) is 35.0 Å². The number of nitrogens with zero attached hydrogens (tertiary/aromatic N) is 3. The molecule has 2 aliphatic rings. The molecule has 2 fully saturated rings. The molecule has 11 heteroatoms. The van der Waals surface area contributed by atoms with Crippen molar-refractivity contribution in [2.45, 2.75) is 45.8 Å². The predicted molar refractivity (Wildman–Crippen MR) is 131 cm³/mol. The molecule has 4 rings (SSSR count). The molecule has 0 amide bonds. The lowest BCUT2D eigenvalue weighted by Crippen LogP contribution is -2.40. The van der Waals surface area contributed by atoms with Crippen molar-refractivity contribution in [1.29, 1.82) is 5.26 Å². The number of rotatable bonds is 6. The van der Waals surface area contributed by atoms with Crippen molar-refractivity contribution >= 4 is 36.0 Å². The molecule has 0 radical (unpaired) electrons. The van der Waals surface area contributed by atoms with Gasteiger partial charge in [-0.15, -0.1) is 0 Å². The van der Waals surface area contributed by atoms with Gasteiger partial charge in [0.05, 0.1) is 49.5 Å². The largest absolute Gasteiger partial charge is 0.495 e. The third-order valence-electron chi connectivity index (χ3n) is 6.11. The van der Waals surface area contributed by atoms with Crippen LogP contribution in [-0.4, -0.2) is 61.6 Å². The zero-order valence-corrected chi connectivity index (χ0v) is 20.7. The molecular formula is C24H30BN5O5. The predicted octanol–water partition coefficient (Wildman–Crippen LogP) is 2.48. The molecule has 3 heterocycles. The highest BCUT2D eigenvalue weighted by molar-refractivity contribution is 6.64. The van der Waals surface area contributed by atoms with Crippen molar-refractivity contribution in [3.63, 3.8) is 0 Å². The van der Waals surface area contributed by atoms with Crippen LogP contribution in [0.5, 0.6) is 0 Å². The van der Waals surface area contributed by atoms with Crippen molar-refractivity contribution in [3.8, 4) is 6.07 Å². The van der Waals surface area contributed by atoms with Crippen LogP contribution in [0.4, 0.5) is 17.5 Å². The number of esters is 1. The molecule has 1 aromatic carbocycles. The van der Waals surface area contributed by atoms with Crippen LogP contribution in [-0.2, 0) is 18.8 Å². The molecule has 2 aliphatic heterocycles. The van der Waals surface area contributed by atoms with Gasteiger partial charge in [0.25, 0.3) is 0 Å². The molecule has 2 saturated heterocycles. The van der Waals surface area contributed by atoms with Crippen LogP contribution < -0.4 is 16.1 Å². The molecule has 0 bridgehead atoms. The van der Waals surface area contributed by atoms with Crippen LogP contribution in [0.15, 0.2) is 18.3 Å². The topological polar surface area (TPSA) is 128 Å². The Morgan fingerprint density at radius 3 is 2.80 bits per heavy atom. The van der Waals surface area contributed by atoms with E-state index >= 15 is 0 Å². The summed E-state index contributed by atoms with van der Waals surface area (Å²) in [7, 11) is 0.678. The minimum atomic E-state index is -0.662. The van der Waals surface area contributed by atoms with Crippen LogP contribution >= 0.6 is 0 Å². The Balaban J connectivity index is 1.60. The fourth-order valence-electron chi connectivity index (χ4n) is 4.23. The highest BCUT2D eigenvalue weighted by Crippen LogP contribution is 2.25. The minimum Gasteiger partial charge on any atom is -0.465 e. The second-order valence-corrected chi connectivity index (χ2v) is 9.47. The standard InChI is InChI=1S/C24H30BN5O5/c1-14-8-17(9-18(22(31)32-5)20(14)25-34-13-24(3,4)35-25)28-23-27-11-15(2)21(30-23)29-19-12-33-7-6-16(19)10-26/h8-9,11,16,19H,6-7,12-13H2,1-5H3,(H2,27,28,29,30). The number of anilines is 3. The highest BCUT2D eigenvalue weighted by atomic mass is 16.7. The Bertz CT molecular complexity index is 1150. The number of aromatic nitrogens is 2.